The first-order valence-corrected chi connectivity index (χ1v) is 9.80. The van der Waals surface area contributed by atoms with Crippen LogP contribution in [0.3, 0.4) is 0 Å². The van der Waals surface area contributed by atoms with Crippen LogP contribution in [-0.2, 0) is 11.2 Å². The van der Waals surface area contributed by atoms with E-state index in [1.165, 1.54) is 0 Å². The Morgan fingerprint density at radius 3 is 2.70 bits per heavy atom. The Hall–Kier alpha value is -3.46. The van der Waals surface area contributed by atoms with Gasteiger partial charge in [-0.3, -0.25) is 9.59 Å². The number of nitrogens with one attached hydrogen (secondary N) is 2. The molecular weight excluding hydrogens is 382 g/mol. The monoisotopic (exact) mass is 407 g/mol. The maximum atomic E-state index is 12.3. The number of aromatic nitrogens is 3. The van der Waals surface area contributed by atoms with Crippen LogP contribution in [0.1, 0.15) is 22.3 Å². The van der Waals surface area contributed by atoms with Crippen LogP contribution in [0.15, 0.2) is 24.7 Å². The van der Waals surface area contributed by atoms with Crippen LogP contribution in [0, 0.1) is 0 Å². The zero-order valence-electron chi connectivity index (χ0n) is 17.3. The molecule has 3 heterocycles. The fourth-order valence-corrected chi connectivity index (χ4v) is 3.74. The number of primary amides is 1. The Balaban J connectivity index is 1.86. The van der Waals surface area contributed by atoms with E-state index in [9.17, 15) is 9.59 Å². The molecule has 3 aromatic rings. The highest BCUT2D eigenvalue weighted by Crippen LogP contribution is 2.36. The number of hydrogen-bond acceptors (Lipinski definition) is 6. The van der Waals surface area contributed by atoms with E-state index in [-0.39, 0.29) is 5.91 Å². The van der Waals surface area contributed by atoms with Gasteiger partial charge in [-0.1, -0.05) is 0 Å². The quantitative estimate of drug-likeness (QED) is 0.571. The molecule has 1 aromatic carbocycles. The number of likely N-dealkylation sites (N-methyl/N-ethyl adjacent to an activating group) is 2. The van der Waals surface area contributed by atoms with Crippen LogP contribution >= 0.6 is 0 Å². The Kier molecular flexibility index (Phi) is 5.13. The average molecular weight is 407 g/mol. The minimum atomic E-state index is -0.506. The number of nitrogens with zero attached hydrogens (tertiary/aromatic N) is 4. The fraction of sp³-hybridized carbons (Fsp3) is 0.333. The third kappa shape index (κ3) is 3.59. The van der Waals surface area contributed by atoms with Crippen molar-refractivity contribution in [3.05, 3.63) is 35.8 Å². The van der Waals surface area contributed by atoms with Gasteiger partial charge in [0.1, 0.15) is 5.82 Å². The molecule has 0 unspecified atom stereocenters. The number of carbonyl (C=O) groups excluding carboxylic acids is 2. The molecule has 0 aliphatic carbocycles. The van der Waals surface area contributed by atoms with E-state index < -0.39 is 5.91 Å². The highest BCUT2D eigenvalue weighted by atomic mass is 16.2. The number of aryl methyl sites for hydroxylation is 1. The molecular formula is C21H25N7O2. The summed E-state index contributed by atoms with van der Waals surface area (Å²) in [6.45, 7) is 1.55. The van der Waals surface area contributed by atoms with Crippen molar-refractivity contribution in [2.24, 2.45) is 5.73 Å². The molecule has 4 N–H and O–H groups in total. The van der Waals surface area contributed by atoms with E-state index in [0.29, 0.717) is 35.3 Å². The fourth-order valence-electron chi connectivity index (χ4n) is 3.74. The lowest BCUT2D eigenvalue weighted by molar-refractivity contribution is -0.116. The van der Waals surface area contributed by atoms with Crippen molar-refractivity contribution in [3.63, 3.8) is 0 Å². The van der Waals surface area contributed by atoms with Gasteiger partial charge in [-0.05, 0) is 38.2 Å². The summed E-state index contributed by atoms with van der Waals surface area (Å²) in [7, 11) is 5.95. The molecule has 9 heteroatoms. The summed E-state index contributed by atoms with van der Waals surface area (Å²) in [5, 5.41) is 2.81. The highest BCUT2D eigenvalue weighted by Gasteiger charge is 2.23. The highest BCUT2D eigenvalue weighted by molar-refractivity contribution is 6.12. The largest absolute Gasteiger partial charge is 0.373 e. The Labute approximate surface area is 174 Å². The zero-order chi connectivity index (χ0) is 21.4. The second-order valence-corrected chi connectivity index (χ2v) is 7.81. The van der Waals surface area contributed by atoms with Gasteiger partial charge in [-0.2, -0.15) is 0 Å². The smallest absolute Gasteiger partial charge is 0.253 e. The molecule has 4 rings (SSSR count). The van der Waals surface area contributed by atoms with Crippen LogP contribution < -0.4 is 16.0 Å². The van der Waals surface area contributed by atoms with Gasteiger partial charge in [0, 0.05) is 43.9 Å². The van der Waals surface area contributed by atoms with Gasteiger partial charge in [0.05, 0.1) is 28.6 Å². The number of imidazole rings is 1. The molecule has 0 saturated carbocycles. The number of fused-ring (bicyclic) bond motifs is 2. The van der Waals surface area contributed by atoms with Crippen LogP contribution in [0.4, 0.5) is 11.5 Å². The molecule has 30 heavy (non-hydrogen) atoms. The first-order valence-electron chi connectivity index (χ1n) is 9.80. The summed E-state index contributed by atoms with van der Waals surface area (Å²) >= 11 is 0. The minimum absolute atomic E-state index is 0.0203. The van der Waals surface area contributed by atoms with Crippen molar-refractivity contribution in [2.45, 2.75) is 12.8 Å². The van der Waals surface area contributed by atoms with Gasteiger partial charge < -0.3 is 25.8 Å². The van der Waals surface area contributed by atoms with E-state index in [2.05, 4.69) is 25.2 Å². The molecule has 0 fully saturated rings. The number of H-pyrrole nitrogens is 1. The molecule has 156 valence electrons. The summed E-state index contributed by atoms with van der Waals surface area (Å²) in [5.41, 5.74) is 10.9. The maximum absolute atomic E-state index is 12.3. The first kappa shape index (κ1) is 19.8. The van der Waals surface area contributed by atoms with E-state index >= 15 is 0 Å². The average Bonchev–Trinajstić information content (AvgIpc) is 3.19. The summed E-state index contributed by atoms with van der Waals surface area (Å²) in [5.74, 6) is 0.0761. The second kappa shape index (κ2) is 7.75. The van der Waals surface area contributed by atoms with Gasteiger partial charge in [0.25, 0.3) is 5.91 Å². The lowest BCUT2D eigenvalue weighted by Crippen LogP contribution is -2.30. The molecule has 1 aliphatic rings. The Morgan fingerprint density at radius 1 is 1.17 bits per heavy atom. The van der Waals surface area contributed by atoms with Crippen molar-refractivity contribution >= 4 is 34.4 Å². The van der Waals surface area contributed by atoms with Gasteiger partial charge in [-0.25, -0.2) is 9.97 Å². The number of anilines is 2. The number of hydrogen-bond donors (Lipinski definition) is 3. The van der Waals surface area contributed by atoms with Crippen LogP contribution in [0.25, 0.3) is 22.2 Å². The predicted octanol–water partition coefficient (Wildman–Crippen LogP) is 1.61. The van der Waals surface area contributed by atoms with Gasteiger partial charge in [-0.15, -0.1) is 0 Å². The molecule has 1 aliphatic heterocycles. The van der Waals surface area contributed by atoms with Crippen LogP contribution in [0.2, 0.25) is 0 Å². The molecule has 0 saturated heterocycles. The lowest BCUT2D eigenvalue weighted by atomic mass is 9.97. The lowest BCUT2D eigenvalue weighted by Gasteiger charge is -2.25. The second-order valence-electron chi connectivity index (χ2n) is 7.81. The van der Waals surface area contributed by atoms with Crippen molar-refractivity contribution in [1.82, 2.24) is 19.9 Å². The Bertz CT molecular complexity index is 1140. The standard InChI is InChI=1S/C21H25N7O2/c1-27(2)6-7-28(3)15-9-14(18-19(25-11-24-18)17(15)20(22)30)13-8-12-4-5-16(29)26-21(12)23-10-13/h8-11H,4-7H2,1-3H3,(H2,22,30)(H,24,25)(H,23,26,29). The number of aromatic amines is 1. The van der Waals surface area contributed by atoms with Crippen LogP contribution in [-0.4, -0.2) is 65.9 Å². The summed E-state index contributed by atoms with van der Waals surface area (Å²) in [6, 6.07) is 3.97. The topological polar surface area (TPSA) is 120 Å². The molecule has 2 amide bonds. The number of pyridine rings is 1. The predicted molar refractivity (Wildman–Crippen MR) is 117 cm³/mol. The molecule has 2 aromatic heterocycles. The molecule has 0 atom stereocenters. The number of nitrogens with two attached hydrogens (primary N) is 1. The molecule has 0 radical (unpaired) electrons. The van der Waals surface area contributed by atoms with Crippen molar-refractivity contribution in [3.8, 4) is 11.1 Å². The molecule has 9 nitrogen and oxygen atoms in total. The number of benzene rings is 1. The number of carbonyl (C=O) groups is 2. The third-order valence-corrected chi connectivity index (χ3v) is 5.38. The van der Waals surface area contributed by atoms with E-state index in [1.54, 1.807) is 12.5 Å². The van der Waals surface area contributed by atoms with Crippen LogP contribution in [0.5, 0.6) is 0 Å². The van der Waals surface area contributed by atoms with E-state index in [0.717, 1.165) is 35.5 Å². The van der Waals surface area contributed by atoms with Crippen molar-refractivity contribution in [1.29, 1.82) is 0 Å². The Morgan fingerprint density at radius 2 is 1.97 bits per heavy atom. The summed E-state index contributed by atoms with van der Waals surface area (Å²) in [6.07, 6.45) is 4.37. The summed E-state index contributed by atoms with van der Waals surface area (Å²) < 4.78 is 0. The van der Waals surface area contributed by atoms with Gasteiger partial charge in [0.2, 0.25) is 5.91 Å². The van der Waals surface area contributed by atoms with Crippen molar-refractivity contribution in [2.75, 3.05) is 44.4 Å². The molecule has 0 spiro atoms. The zero-order valence-corrected chi connectivity index (χ0v) is 17.3. The number of amides is 2. The first-order chi connectivity index (χ1) is 14.3. The number of rotatable bonds is 6. The SMILES string of the molecule is CN(C)CCN(C)c1cc(-c2cnc3c(c2)CCC(=O)N3)c2nc[nH]c2c1C(N)=O. The maximum Gasteiger partial charge on any atom is 0.253 e. The van der Waals surface area contributed by atoms with Gasteiger partial charge >= 0.3 is 0 Å². The molecule has 0 bridgehead atoms. The minimum Gasteiger partial charge on any atom is -0.373 e. The summed E-state index contributed by atoms with van der Waals surface area (Å²) in [4.78, 5) is 40.0. The third-order valence-electron chi connectivity index (χ3n) is 5.38. The normalized spacial score (nSPS) is 13.4. The van der Waals surface area contributed by atoms with Gasteiger partial charge in [0.15, 0.2) is 0 Å². The van der Waals surface area contributed by atoms with Crippen molar-refractivity contribution < 1.29 is 9.59 Å². The van der Waals surface area contributed by atoms with E-state index in [4.69, 9.17) is 5.73 Å². The van der Waals surface area contributed by atoms with E-state index in [1.807, 2.05) is 38.2 Å².